The lowest BCUT2D eigenvalue weighted by atomic mass is 10.2. The molecule has 1 rings (SSSR count). The molecule has 0 saturated carbocycles. The van der Waals surface area contributed by atoms with Gasteiger partial charge in [-0.05, 0) is 12.8 Å². The molecule has 1 amide bonds. The van der Waals surface area contributed by atoms with Crippen LogP contribution in [-0.4, -0.2) is 23.4 Å². The molecule has 1 fully saturated rings. The number of nitrogens with zero attached hydrogens (tertiary/aromatic N) is 2. The van der Waals surface area contributed by atoms with Crippen molar-refractivity contribution in [2.24, 2.45) is 0 Å². The zero-order valence-electron chi connectivity index (χ0n) is 5.71. The van der Waals surface area contributed by atoms with Gasteiger partial charge >= 0.3 is 0 Å². The third-order valence-corrected chi connectivity index (χ3v) is 1.72. The molecule has 53 valence electrons. The molecule has 0 aliphatic carbocycles. The van der Waals surface area contributed by atoms with Crippen LogP contribution in [0.3, 0.4) is 0 Å². The second-order valence-corrected chi connectivity index (χ2v) is 2.37. The minimum Gasteiger partial charge on any atom is -0.327 e. The number of carbonyl (C=O) groups excluding carboxylic acids is 1. The fraction of sp³-hybridized carbons (Fsp3) is 0.571. The molecule has 1 aliphatic heterocycles. The van der Waals surface area contributed by atoms with Gasteiger partial charge in [0, 0.05) is 13.5 Å². The number of rotatable bonds is 0. The van der Waals surface area contributed by atoms with Crippen LogP contribution >= 0.6 is 0 Å². The number of likely N-dealkylation sites (tertiary alicyclic amines) is 1. The summed E-state index contributed by atoms with van der Waals surface area (Å²) in [5.41, 5.74) is 0. The zero-order valence-corrected chi connectivity index (χ0v) is 5.71. The summed E-state index contributed by atoms with van der Waals surface area (Å²) in [5.74, 6) is -0.232. The smallest absolute Gasteiger partial charge is 0.224 e. The lowest BCUT2D eigenvalue weighted by Crippen LogP contribution is -2.32. The zero-order chi connectivity index (χ0) is 7.56. The predicted octanol–water partition coefficient (Wildman–Crippen LogP) is 0.335. The lowest BCUT2D eigenvalue weighted by Gasteiger charge is -2.15. The molecule has 0 bridgehead atoms. The monoisotopic (exact) mass is 137 g/mol. The molecule has 0 aromatic rings. The standard InChI is InChI=1S/C7H9N2O/c1-6(10)9-4-2-3-7(9)5-8/h7H,1-4H2/t7-/m0/s1. The summed E-state index contributed by atoms with van der Waals surface area (Å²) >= 11 is 0. The Morgan fingerprint density at radius 3 is 2.90 bits per heavy atom. The SMILES string of the molecule is [CH2]C(=O)N1CCC[C@H]1C#N. The van der Waals surface area contributed by atoms with Crippen LogP contribution in [0.4, 0.5) is 0 Å². The van der Waals surface area contributed by atoms with Gasteiger partial charge < -0.3 is 4.90 Å². The molecule has 0 aromatic heterocycles. The van der Waals surface area contributed by atoms with Crippen LogP contribution in [0.1, 0.15) is 12.8 Å². The highest BCUT2D eigenvalue weighted by atomic mass is 16.2. The third kappa shape index (κ3) is 1.10. The summed E-state index contributed by atoms with van der Waals surface area (Å²) in [4.78, 5) is 12.2. The number of hydrogen-bond acceptors (Lipinski definition) is 2. The minimum absolute atomic E-state index is 0.218. The van der Waals surface area contributed by atoms with Gasteiger partial charge in [0.05, 0.1) is 6.07 Å². The number of nitriles is 1. The number of amides is 1. The van der Waals surface area contributed by atoms with E-state index in [0.717, 1.165) is 12.8 Å². The number of hydrogen-bond donors (Lipinski definition) is 0. The molecule has 3 nitrogen and oxygen atoms in total. The highest BCUT2D eigenvalue weighted by molar-refractivity contribution is 5.81. The van der Waals surface area contributed by atoms with Gasteiger partial charge in [0.25, 0.3) is 0 Å². The van der Waals surface area contributed by atoms with Crippen LogP contribution in [0.15, 0.2) is 0 Å². The van der Waals surface area contributed by atoms with Crippen molar-refractivity contribution in [1.29, 1.82) is 5.26 Å². The van der Waals surface area contributed by atoms with Crippen molar-refractivity contribution in [3.05, 3.63) is 6.92 Å². The molecule has 0 aromatic carbocycles. The Labute approximate surface area is 60.2 Å². The van der Waals surface area contributed by atoms with E-state index in [4.69, 9.17) is 5.26 Å². The summed E-state index contributed by atoms with van der Waals surface area (Å²) in [7, 11) is 0. The van der Waals surface area contributed by atoms with Crippen molar-refractivity contribution in [2.45, 2.75) is 18.9 Å². The van der Waals surface area contributed by atoms with Crippen molar-refractivity contribution in [3.8, 4) is 6.07 Å². The van der Waals surface area contributed by atoms with Crippen LogP contribution in [-0.2, 0) is 4.79 Å². The van der Waals surface area contributed by atoms with E-state index in [-0.39, 0.29) is 11.9 Å². The number of carbonyl (C=O) groups is 1. The van der Waals surface area contributed by atoms with Gasteiger partial charge in [0.15, 0.2) is 0 Å². The van der Waals surface area contributed by atoms with Crippen LogP contribution in [0.5, 0.6) is 0 Å². The summed E-state index contributed by atoms with van der Waals surface area (Å²) in [6.45, 7) is 3.95. The lowest BCUT2D eigenvalue weighted by molar-refractivity contribution is -0.126. The van der Waals surface area contributed by atoms with Gasteiger partial charge in [-0.2, -0.15) is 5.26 Å². The van der Waals surface area contributed by atoms with Crippen molar-refractivity contribution in [3.63, 3.8) is 0 Å². The fourth-order valence-electron chi connectivity index (χ4n) is 1.20. The maximum absolute atomic E-state index is 10.7. The molecule has 1 saturated heterocycles. The quantitative estimate of drug-likeness (QED) is 0.483. The van der Waals surface area contributed by atoms with Crippen molar-refractivity contribution >= 4 is 5.91 Å². The van der Waals surface area contributed by atoms with Crippen molar-refractivity contribution in [2.75, 3.05) is 6.54 Å². The molecule has 0 N–H and O–H groups in total. The van der Waals surface area contributed by atoms with E-state index >= 15 is 0 Å². The first kappa shape index (κ1) is 7.07. The maximum atomic E-state index is 10.7. The minimum atomic E-state index is -0.232. The van der Waals surface area contributed by atoms with Crippen LogP contribution in [0.2, 0.25) is 0 Å². The van der Waals surface area contributed by atoms with Gasteiger partial charge in [-0.3, -0.25) is 4.79 Å². The van der Waals surface area contributed by atoms with E-state index in [1.54, 1.807) is 0 Å². The largest absolute Gasteiger partial charge is 0.327 e. The van der Waals surface area contributed by atoms with E-state index in [9.17, 15) is 4.79 Å². The Morgan fingerprint density at radius 1 is 1.80 bits per heavy atom. The topological polar surface area (TPSA) is 44.1 Å². The molecule has 3 heteroatoms. The Balaban J connectivity index is 2.61. The molecule has 0 spiro atoms. The van der Waals surface area contributed by atoms with E-state index in [0.29, 0.717) is 6.54 Å². The van der Waals surface area contributed by atoms with Crippen LogP contribution in [0.25, 0.3) is 0 Å². The van der Waals surface area contributed by atoms with Gasteiger partial charge in [0.1, 0.15) is 6.04 Å². The van der Waals surface area contributed by atoms with E-state index in [2.05, 4.69) is 13.0 Å². The Hall–Kier alpha value is -1.04. The average molecular weight is 137 g/mol. The second kappa shape index (κ2) is 2.70. The normalized spacial score (nSPS) is 24.4. The first-order valence-corrected chi connectivity index (χ1v) is 3.28. The predicted molar refractivity (Wildman–Crippen MR) is 35.7 cm³/mol. The van der Waals surface area contributed by atoms with Gasteiger partial charge in [-0.25, -0.2) is 0 Å². The molecule has 1 radical (unpaired) electrons. The molecule has 1 atom stereocenters. The molecule has 1 aliphatic rings. The maximum Gasteiger partial charge on any atom is 0.224 e. The summed E-state index contributed by atoms with van der Waals surface area (Å²) in [5, 5.41) is 8.51. The molecular formula is C7H9N2O. The Bertz CT molecular complexity index is 183. The summed E-state index contributed by atoms with van der Waals surface area (Å²) < 4.78 is 0. The van der Waals surface area contributed by atoms with Gasteiger partial charge in [-0.1, -0.05) is 0 Å². The van der Waals surface area contributed by atoms with Crippen LogP contribution in [0, 0.1) is 18.3 Å². The van der Waals surface area contributed by atoms with Crippen molar-refractivity contribution in [1.82, 2.24) is 4.90 Å². The summed E-state index contributed by atoms with van der Waals surface area (Å²) in [6.07, 6.45) is 1.73. The molecular weight excluding hydrogens is 128 g/mol. The molecule has 0 unspecified atom stereocenters. The van der Waals surface area contributed by atoms with E-state index < -0.39 is 0 Å². The second-order valence-electron chi connectivity index (χ2n) is 2.37. The average Bonchev–Trinajstić information content (AvgIpc) is 2.33. The Morgan fingerprint density at radius 2 is 2.50 bits per heavy atom. The van der Waals surface area contributed by atoms with E-state index in [1.165, 1.54) is 4.90 Å². The fourth-order valence-corrected chi connectivity index (χ4v) is 1.20. The summed E-state index contributed by atoms with van der Waals surface area (Å²) in [6, 6.07) is 1.84. The molecule has 1 heterocycles. The van der Waals surface area contributed by atoms with Gasteiger partial charge in [0.2, 0.25) is 5.91 Å². The highest BCUT2D eigenvalue weighted by Crippen LogP contribution is 2.15. The highest BCUT2D eigenvalue weighted by Gasteiger charge is 2.25. The Kier molecular flexibility index (Phi) is 1.91. The molecule has 10 heavy (non-hydrogen) atoms. The van der Waals surface area contributed by atoms with Crippen molar-refractivity contribution < 1.29 is 4.79 Å². The van der Waals surface area contributed by atoms with Crippen LogP contribution < -0.4 is 0 Å². The first-order valence-electron chi connectivity index (χ1n) is 3.28. The first-order chi connectivity index (χ1) is 4.75. The van der Waals surface area contributed by atoms with Gasteiger partial charge in [-0.15, -0.1) is 0 Å². The third-order valence-electron chi connectivity index (χ3n) is 1.72. The van der Waals surface area contributed by atoms with E-state index in [1.807, 2.05) is 0 Å².